The summed E-state index contributed by atoms with van der Waals surface area (Å²) in [7, 11) is 0. The van der Waals surface area contributed by atoms with Gasteiger partial charge < -0.3 is 5.32 Å². The van der Waals surface area contributed by atoms with Gasteiger partial charge in [-0.2, -0.15) is 0 Å². The van der Waals surface area contributed by atoms with E-state index in [2.05, 4.69) is 55.3 Å². The highest BCUT2D eigenvalue weighted by atomic mass is 15.1. The molecule has 0 amide bonds. The Hall–Kier alpha value is -1.02. The van der Waals surface area contributed by atoms with E-state index in [0.717, 1.165) is 25.6 Å². The zero-order valence-corrected chi connectivity index (χ0v) is 11.9. The zero-order chi connectivity index (χ0) is 13.0. The zero-order valence-electron chi connectivity index (χ0n) is 11.9. The number of benzene rings is 1. The average Bonchev–Trinajstić information content (AvgIpc) is 3.20. The number of hydrogen-bond donors (Lipinski definition) is 1. The molecule has 2 rings (SSSR count). The monoisotopic (exact) mass is 246 g/mol. The SMILES string of the molecule is CCN(CC)Cc1cccc(NC(C)C2CC2)c1. The van der Waals surface area contributed by atoms with Gasteiger partial charge in [0, 0.05) is 18.3 Å². The minimum atomic E-state index is 0.619. The first-order valence-electron chi connectivity index (χ1n) is 7.30. The molecule has 2 heteroatoms. The quantitative estimate of drug-likeness (QED) is 0.788. The molecule has 0 aromatic heterocycles. The lowest BCUT2D eigenvalue weighted by atomic mass is 10.1. The largest absolute Gasteiger partial charge is 0.382 e. The predicted octanol–water partition coefficient (Wildman–Crippen LogP) is 3.74. The summed E-state index contributed by atoms with van der Waals surface area (Å²) in [6.07, 6.45) is 2.79. The van der Waals surface area contributed by atoms with Gasteiger partial charge in [-0.1, -0.05) is 26.0 Å². The van der Waals surface area contributed by atoms with Crippen LogP contribution in [-0.4, -0.2) is 24.0 Å². The van der Waals surface area contributed by atoms with E-state index >= 15 is 0 Å². The van der Waals surface area contributed by atoms with E-state index in [1.165, 1.54) is 24.1 Å². The van der Waals surface area contributed by atoms with Crippen molar-refractivity contribution in [2.45, 2.75) is 46.2 Å². The van der Waals surface area contributed by atoms with Crippen LogP contribution in [0.4, 0.5) is 5.69 Å². The van der Waals surface area contributed by atoms with Crippen molar-refractivity contribution in [3.8, 4) is 0 Å². The first-order chi connectivity index (χ1) is 8.72. The lowest BCUT2D eigenvalue weighted by Gasteiger charge is -2.19. The number of nitrogens with one attached hydrogen (secondary N) is 1. The Balaban J connectivity index is 1.95. The normalized spacial score (nSPS) is 16.9. The van der Waals surface area contributed by atoms with E-state index in [1.807, 2.05) is 0 Å². The highest BCUT2D eigenvalue weighted by Gasteiger charge is 2.27. The lowest BCUT2D eigenvalue weighted by Crippen LogP contribution is -2.22. The topological polar surface area (TPSA) is 15.3 Å². The van der Waals surface area contributed by atoms with Crippen molar-refractivity contribution < 1.29 is 0 Å². The summed E-state index contributed by atoms with van der Waals surface area (Å²) in [5.74, 6) is 0.899. The molecule has 0 bridgehead atoms. The highest BCUT2D eigenvalue weighted by molar-refractivity contribution is 5.46. The third-order valence-electron chi connectivity index (χ3n) is 3.95. The summed E-state index contributed by atoms with van der Waals surface area (Å²) < 4.78 is 0. The van der Waals surface area contributed by atoms with Crippen molar-refractivity contribution in [1.29, 1.82) is 0 Å². The number of rotatable bonds is 7. The molecule has 100 valence electrons. The standard InChI is InChI=1S/C16H26N2/c1-4-18(5-2)12-14-7-6-8-16(11-14)17-13(3)15-9-10-15/h6-8,11,13,15,17H,4-5,9-10,12H2,1-3H3. The fraction of sp³-hybridized carbons (Fsp3) is 0.625. The first kappa shape index (κ1) is 13.4. The Morgan fingerprint density at radius 3 is 2.61 bits per heavy atom. The van der Waals surface area contributed by atoms with Gasteiger partial charge in [0.1, 0.15) is 0 Å². The Kier molecular flexibility index (Phi) is 4.65. The van der Waals surface area contributed by atoms with Gasteiger partial charge in [-0.3, -0.25) is 4.90 Å². The van der Waals surface area contributed by atoms with Crippen LogP contribution < -0.4 is 5.32 Å². The minimum absolute atomic E-state index is 0.619. The van der Waals surface area contributed by atoms with E-state index in [9.17, 15) is 0 Å². The second-order valence-electron chi connectivity index (χ2n) is 5.43. The van der Waals surface area contributed by atoms with Crippen LogP contribution in [-0.2, 0) is 6.54 Å². The van der Waals surface area contributed by atoms with E-state index < -0.39 is 0 Å². The summed E-state index contributed by atoms with van der Waals surface area (Å²) in [5, 5.41) is 3.63. The third kappa shape index (κ3) is 3.74. The van der Waals surface area contributed by atoms with Crippen LogP contribution in [0.2, 0.25) is 0 Å². The van der Waals surface area contributed by atoms with Crippen molar-refractivity contribution in [2.24, 2.45) is 5.92 Å². The van der Waals surface area contributed by atoms with Gasteiger partial charge in [0.25, 0.3) is 0 Å². The molecule has 1 aliphatic carbocycles. The Bertz CT molecular complexity index is 348. The molecule has 0 spiro atoms. The second-order valence-corrected chi connectivity index (χ2v) is 5.43. The molecule has 0 heterocycles. The van der Waals surface area contributed by atoms with Crippen molar-refractivity contribution in [2.75, 3.05) is 18.4 Å². The third-order valence-corrected chi connectivity index (χ3v) is 3.95. The molecule has 1 unspecified atom stereocenters. The average molecular weight is 246 g/mol. The molecule has 1 aromatic carbocycles. The molecule has 0 aliphatic heterocycles. The van der Waals surface area contributed by atoms with Gasteiger partial charge in [0.05, 0.1) is 0 Å². The summed E-state index contributed by atoms with van der Waals surface area (Å²) in [4.78, 5) is 2.45. The molecule has 1 N–H and O–H groups in total. The first-order valence-corrected chi connectivity index (χ1v) is 7.30. The molecular weight excluding hydrogens is 220 g/mol. The van der Waals surface area contributed by atoms with Crippen LogP contribution >= 0.6 is 0 Å². The summed E-state index contributed by atoms with van der Waals surface area (Å²) in [6.45, 7) is 10.0. The maximum Gasteiger partial charge on any atom is 0.0345 e. The summed E-state index contributed by atoms with van der Waals surface area (Å²) >= 11 is 0. The van der Waals surface area contributed by atoms with Crippen LogP contribution in [0, 0.1) is 5.92 Å². The van der Waals surface area contributed by atoms with Crippen molar-refractivity contribution >= 4 is 5.69 Å². The van der Waals surface area contributed by atoms with E-state index in [0.29, 0.717) is 6.04 Å². The van der Waals surface area contributed by atoms with Crippen molar-refractivity contribution in [3.63, 3.8) is 0 Å². The number of nitrogens with zero attached hydrogens (tertiary/aromatic N) is 1. The van der Waals surface area contributed by atoms with Crippen LogP contribution in [0.15, 0.2) is 24.3 Å². The van der Waals surface area contributed by atoms with E-state index in [4.69, 9.17) is 0 Å². The molecule has 0 saturated heterocycles. The fourth-order valence-corrected chi connectivity index (χ4v) is 2.44. The summed E-state index contributed by atoms with van der Waals surface area (Å²) in [5.41, 5.74) is 2.69. The number of hydrogen-bond acceptors (Lipinski definition) is 2. The molecule has 0 radical (unpaired) electrons. The smallest absolute Gasteiger partial charge is 0.0345 e. The van der Waals surface area contributed by atoms with Crippen LogP contribution in [0.3, 0.4) is 0 Å². The molecule has 18 heavy (non-hydrogen) atoms. The van der Waals surface area contributed by atoms with Gasteiger partial charge >= 0.3 is 0 Å². The van der Waals surface area contributed by atoms with Crippen molar-refractivity contribution in [3.05, 3.63) is 29.8 Å². The molecular formula is C16H26N2. The Morgan fingerprint density at radius 1 is 1.28 bits per heavy atom. The molecule has 2 nitrogen and oxygen atoms in total. The van der Waals surface area contributed by atoms with Crippen LogP contribution in [0.5, 0.6) is 0 Å². The lowest BCUT2D eigenvalue weighted by molar-refractivity contribution is 0.296. The van der Waals surface area contributed by atoms with Gasteiger partial charge in [-0.25, -0.2) is 0 Å². The maximum absolute atomic E-state index is 3.63. The van der Waals surface area contributed by atoms with Gasteiger partial charge in [-0.15, -0.1) is 0 Å². The van der Waals surface area contributed by atoms with E-state index in [-0.39, 0.29) is 0 Å². The van der Waals surface area contributed by atoms with E-state index in [1.54, 1.807) is 0 Å². The molecule has 1 atom stereocenters. The fourth-order valence-electron chi connectivity index (χ4n) is 2.44. The Morgan fingerprint density at radius 2 is 2.00 bits per heavy atom. The van der Waals surface area contributed by atoms with Crippen molar-refractivity contribution in [1.82, 2.24) is 4.90 Å². The molecule has 1 fully saturated rings. The van der Waals surface area contributed by atoms with Gasteiger partial charge in [0.2, 0.25) is 0 Å². The highest BCUT2D eigenvalue weighted by Crippen LogP contribution is 2.34. The second kappa shape index (κ2) is 6.24. The van der Waals surface area contributed by atoms with Crippen LogP contribution in [0.25, 0.3) is 0 Å². The van der Waals surface area contributed by atoms with Crippen LogP contribution in [0.1, 0.15) is 39.2 Å². The molecule has 1 aliphatic rings. The minimum Gasteiger partial charge on any atom is -0.382 e. The maximum atomic E-state index is 3.63. The molecule has 1 saturated carbocycles. The predicted molar refractivity (Wildman–Crippen MR) is 78.9 cm³/mol. The Labute approximate surface area is 111 Å². The number of anilines is 1. The van der Waals surface area contributed by atoms with Gasteiger partial charge in [-0.05, 0) is 56.5 Å². The molecule has 1 aromatic rings. The summed E-state index contributed by atoms with van der Waals surface area (Å²) in [6, 6.07) is 9.50. The van der Waals surface area contributed by atoms with Gasteiger partial charge in [0.15, 0.2) is 0 Å².